The number of sulfonamides is 1. The Morgan fingerprint density at radius 2 is 1.89 bits per heavy atom. The van der Waals surface area contributed by atoms with Gasteiger partial charge < -0.3 is 5.32 Å². The first-order chi connectivity index (χ1) is 13.4. The summed E-state index contributed by atoms with van der Waals surface area (Å²) in [5, 5.41) is 2.72. The molecular formula is C21H21BrN2O3S. The van der Waals surface area contributed by atoms with Crippen LogP contribution in [0, 0.1) is 0 Å². The van der Waals surface area contributed by atoms with E-state index in [4.69, 9.17) is 0 Å². The lowest BCUT2D eigenvalue weighted by molar-refractivity contribution is -0.114. The number of anilines is 2. The van der Waals surface area contributed by atoms with Crippen LogP contribution in [0.25, 0.3) is 0 Å². The van der Waals surface area contributed by atoms with E-state index in [-0.39, 0.29) is 11.4 Å². The fourth-order valence-corrected chi connectivity index (χ4v) is 4.19. The number of rotatable bonds is 8. The lowest BCUT2D eigenvalue weighted by atomic mass is 10.3. The van der Waals surface area contributed by atoms with E-state index in [0.717, 1.165) is 8.78 Å². The van der Waals surface area contributed by atoms with E-state index >= 15 is 0 Å². The summed E-state index contributed by atoms with van der Waals surface area (Å²) in [5.74, 6) is -0.458. The van der Waals surface area contributed by atoms with Crippen LogP contribution in [0.3, 0.4) is 0 Å². The highest BCUT2D eigenvalue weighted by Gasteiger charge is 2.27. The van der Waals surface area contributed by atoms with Crippen molar-refractivity contribution in [2.24, 2.45) is 0 Å². The van der Waals surface area contributed by atoms with Gasteiger partial charge in [-0.25, -0.2) is 8.42 Å². The van der Waals surface area contributed by atoms with Crippen LogP contribution in [0.15, 0.2) is 94.9 Å². The lowest BCUT2D eigenvalue weighted by Crippen LogP contribution is -2.38. The number of benzene rings is 2. The third-order valence-electron chi connectivity index (χ3n) is 3.68. The minimum atomic E-state index is -3.98. The molecule has 7 heteroatoms. The molecule has 1 N–H and O–H groups in total. The van der Waals surface area contributed by atoms with E-state index in [1.165, 1.54) is 12.2 Å². The van der Waals surface area contributed by atoms with E-state index in [1.807, 2.05) is 6.07 Å². The van der Waals surface area contributed by atoms with Gasteiger partial charge in [0.1, 0.15) is 6.54 Å². The van der Waals surface area contributed by atoms with Crippen LogP contribution >= 0.6 is 15.9 Å². The number of halogens is 1. The summed E-state index contributed by atoms with van der Waals surface area (Å²) in [6, 6.07) is 15.6. The fourth-order valence-electron chi connectivity index (χ4n) is 2.38. The molecule has 0 spiro atoms. The first-order valence-electron chi connectivity index (χ1n) is 8.47. The molecule has 28 heavy (non-hydrogen) atoms. The van der Waals surface area contributed by atoms with Gasteiger partial charge in [0.25, 0.3) is 10.0 Å². The maximum absolute atomic E-state index is 13.2. The SMILES string of the molecule is C=C/C(=C/C=C/C)S(=O)(=O)N(CC(=O)Nc1cccc(Br)c1)c1ccccc1. The Morgan fingerprint density at radius 3 is 2.50 bits per heavy atom. The van der Waals surface area contributed by atoms with Crippen molar-refractivity contribution in [3.05, 3.63) is 94.9 Å². The molecule has 0 aliphatic rings. The Morgan fingerprint density at radius 1 is 1.18 bits per heavy atom. The van der Waals surface area contributed by atoms with Crippen molar-refractivity contribution in [3.8, 4) is 0 Å². The van der Waals surface area contributed by atoms with Crippen LogP contribution in [0.2, 0.25) is 0 Å². The predicted octanol–water partition coefficient (Wildman–Crippen LogP) is 4.87. The van der Waals surface area contributed by atoms with Crippen LogP contribution in [0.4, 0.5) is 11.4 Å². The maximum atomic E-state index is 13.2. The van der Waals surface area contributed by atoms with Gasteiger partial charge in [0.15, 0.2) is 0 Å². The normalized spacial score (nSPS) is 12.0. The number of nitrogens with one attached hydrogen (secondary N) is 1. The summed E-state index contributed by atoms with van der Waals surface area (Å²) in [7, 11) is -3.98. The van der Waals surface area contributed by atoms with Crippen molar-refractivity contribution in [1.82, 2.24) is 0 Å². The smallest absolute Gasteiger partial charge is 0.264 e. The minimum absolute atomic E-state index is 0.00436. The molecule has 2 aromatic rings. The van der Waals surface area contributed by atoms with Gasteiger partial charge in [-0.05, 0) is 49.4 Å². The zero-order valence-corrected chi connectivity index (χ0v) is 17.8. The van der Waals surface area contributed by atoms with E-state index in [2.05, 4.69) is 27.8 Å². The third kappa shape index (κ3) is 5.68. The van der Waals surface area contributed by atoms with Crippen molar-refractivity contribution in [2.75, 3.05) is 16.2 Å². The molecule has 1 amide bonds. The summed E-state index contributed by atoms with van der Waals surface area (Å²) >= 11 is 3.34. The zero-order valence-electron chi connectivity index (χ0n) is 15.4. The Kier molecular flexibility index (Phi) is 7.78. The van der Waals surface area contributed by atoms with Crippen LogP contribution < -0.4 is 9.62 Å². The first-order valence-corrected chi connectivity index (χ1v) is 10.7. The molecule has 0 radical (unpaired) electrons. The summed E-state index contributed by atoms with van der Waals surface area (Å²) < 4.78 is 28.2. The van der Waals surface area contributed by atoms with Gasteiger partial charge in [0, 0.05) is 10.2 Å². The Hall–Kier alpha value is -2.64. The number of para-hydroxylation sites is 1. The van der Waals surface area contributed by atoms with E-state index in [1.54, 1.807) is 67.6 Å². The molecule has 2 aromatic carbocycles. The monoisotopic (exact) mass is 460 g/mol. The van der Waals surface area contributed by atoms with Crippen LogP contribution in [0.1, 0.15) is 6.92 Å². The van der Waals surface area contributed by atoms with E-state index in [0.29, 0.717) is 11.4 Å². The molecule has 0 aromatic heterocycles. The van der Waals surface area contributed by atoms with Crippen molar-refractivity contribution >= 4 is 43.2 Å². The number of carbonyl (C=O) groups is 1. The number of allylic oxidation sites excluding steroid dienone is 4. The average Bonchev–Trinajstić information content (AvgIpc) is 2.67. The molecule has 0 fully saturated rings. The van der Waals surface area contributed by atoms with Gasteiger partial charge in [-0.15, -0.1) is 0 Å². The topological polar surface area (TPSA) is 66.5 Å². The average molecular weight is 461 g/mol. The molecule has 0 aliphatic heterocycles. The number of hydrogen-bond acceptors (Lipinski definition) is 3. The number of amides is 1. The van der Waals surface area contributed by atoms with E-state index < -0.39 is 15.9 Å². The fraction of sp³-hybridized carbons (Fsp3) is 0.0952. The molecule has 0 atom stereocenters. The molecule has 0 aliphatic carbocycles. The molecule has 0 saturated heterocycles. The summed E-state index contributed by atoms with van der Waals surface area (Å²) in [6.45, 7) is 5.01. The second-order valence-corrected chi connectivity index (χ2v) is 8.48. The quantitative estimate of drug-likeness (QED) is 0.571. The molecule has 0 unspecified atom stereocenters. The lowest BCUT2D eigenvalue weighted by Gasteiger charge is -2.24. The van der Waals surface area contributed by atoms with E-state index in [9.17, 15) is 13.2 Å². The molecule has 0 heterocycles. The standard InChI is InChI=1S/C21H21BrN2O3S/c1-3-5-14-20(4-2)28(26,27)24(19-12-7-6-8-13-19)16-21(25)23-18-11-9-10-17(22)15-18/h3-15H,2,16H2,1H3,(H,23,25)/b5-3+,20-14-. The molecule has 146 valence electrons. The van der Waals surface area contributed by atoms with Gasteiger partial charge in [-0.2, -0.15) is 0 Å². The minimum Gasteiger partial charge on any atom is -0.324 e. The van der Waals surface area contributed by atoms with Crippen molar-refractivity contribution in [3.63, 3.8) is 0 Å². The number of hydrogen-bond donors (Lipinski definition) is 1. The largest absolute Gasteiger partial charge is 0.324 e. The van der Waals surface area contributed by atoms with Crippen LogP contribution in [-0.4, -0.2) is 20.9 Å². The highest BCUT2D eigenvalue weighted by atomic mass is 79.9. The van der Waals surface area contributed by atoms with Crippen molar-refractivity contribution in [2.45, 2.75) is 6.92 Å². The van der Waals surface area contributed by atoms with Gasteiger partial charge in [-0.1, -0.05) is 58.9 Å². The van der Waals surface area contributed by atoms with Gasteiger partial charge in [-0.3, -0.25) is 9.10 Å². The molecule has 0 bridgehead atoms. The summed E-state index contributed by atoms with van der Waals surface area (Å²) in [4.78, 5) is 12.6. The Balaban J connectivity index is 2.37. The zero-order chi connectivity index (χ0) is 20.6. The summed E-state index contributed by atoms with van der Waals surface area (Å²) in [6.07, 6.45) is 6.03. The van der Waals surface area contributed by atoms with Gasteiger partial charge >= 0.3 is 0 Å². The number of nitrogens with zero attached hydrogens (tertiary/aromatic N) is 1. The second-order valence-electron chi connectivity index (χ2n) is 5.70. The maximum Gasteiger partial charge on any atom is 0.264 e. The molecule has 5 nitrogen and oxygen atoms in total. The Labute approximate surface area is 174 Å². The third-order valence-corrected chi connectivity index (χ3v) is 5.99. The predicted molar refractivity (Wildman–Crippen MR) is 119 cm³/mol. The molecular weight excluding hydrogens is 440 g/mol. The Bertz CT molecular complexity index is 999. The van der Waals surface area contributed by atoms with Gasteiger partial charge in [0.2, 0.25) is 5.91 Å². The number of carbonyl (C=O) groups excluding carboxylic acids is 1. The van der Waals surface area contributed by atoms with Crippen LogP contribution in [-0.2, 0) is 14.8 Å². The van der Waals surface area contributed by atoms with Crippen LogP contribution in [0.5, 0.6) is 0 Å². The highest BCUT2D eigenvalue weighted by molar-refractivity contribution is 9.10. The summed E-state index contributed by atoms with van der Waals surface area (Å²) in [5.41, 5.74) is 0.957. The van der Waals surface area contributed by atoms with Gasteiger partial charge in [0.05, 0.1) is 10.6 Å². The highest BCUT2D eigenvalue weighted by Crippen LogP contribution is 2.23. The first kappa shape index (κ1) is 21.7. The van der Waals surface area contributed by atoms with Crippen molar-refractivity contribution < 1.29 is 13.2 Å². The van der Waals surface area contributed by atoms with Crippen molar-refractivity contribution in [1.29, 1.82) is 0 Å². The second kappa shape index (κ2) is 10.1. The molecule has 0 saturated carbocycles. The molecule has 2 rings (SSSR count).